The molecular formula is C11H15IN2O2. The van der Waals surface area contributed by atoms with Gasteiger partial charge in [-0.2, -0.15) is 5.10 Å². The lowest BCUT2D eigenvalue weighted by atomic mass is 9.95. The highest BCUT2D eigenvalue weighted by Gasteiger charge is 2.22. The third-order valence-corrected chi connectivity index (χ3v) is 3.84. The third-order valence-electron chi connectivity index (χ3n) is 3.06. The number of carboxylic acids is 1. The van der Waals surface area contributed by atoms with Gasteiger partial charge >= 0.3 is 5.97 Å². The van der Waals surface area contributed by atoms with Gasteiger partial charge in [-0.1, -0.05) is 41.9 Å². The molecule has 1 N–H and O–H groups in total. The quantitative estimate of drug-likeness (QED) is 0.683. The smallest absolute Gasteiger partial charge is 0.354 e. The first-order chi connectivity index (χ1) is 7.72. The molecule has 1 aliphatic carbocycles. The molecule has 0 spiro atoms. The summed E-state index contributed by atoms with van der Waals surface area (Å²) in [5.74, 6) is -0.867. The Hall–Kier alpha value is -0.590. The highest BCUT2D eigenvalue weighted by molar-refractivity contribution is 14.1. The Balaban J connectivity index is 2.29. The molecule has 4 nitrogen and oxygen atoms in total. The summed E-state index contributed by atoms with van der Waals surface area (Å²) in [5, 5.41) is 13.5. The first-order valence-corrected chi connectivity index (χ1v) is 7.12. The van der Waals surface area contributed by atoms with Gasteiger partial charge in [-0.15, -0.1) is 0 Å². The maximum Gasteiger partial charge on any atom is 0.354 e. The van der Waals surface area contributed by atoms with Crippen molar-refractivity contribution in [2.45, 2.75) is 42.6 Å². The molecule has 16 heavy (non-hydrogen) atoms. The lowest BCUT2D eigenvalue weighted by Gasteiger charge is -2.22. The summed E-state index contributed by atoms with van der Waals surface area (Å²) >= 11 is 2.21. The Morgan fingerprint density at radius 1 is 1.50 bits per heavy atom. The number of hydrogen-bond donors (Lipinski definition) is 1. The van der Waals surface area contributed by atoms with Gasteiger partial charge in [0.1, 0.15) is 5.69 Å². The predicted molar refractivity (Wildman–Crippen MR) is 69.0 cm³/mol. The molecule has 1 aromatic rings. The molecule has 0 radical (unpaired) electrons. The van der Waals surface area contributed by atoms with Crippen LogP contribution in [0.1, 0.15) is 54.3 Å². The number of aromatic nitrogens is 2. The fourth-order valence-electron chi connectivity index (χ4n) is 2.27. The number of alkyl halides is 1. The summed E-state index contributed by atoms with van der Waals surface area (Å²) in [6, 6.07) is 1.99. The molecule has 5 heteroatoms. The molecule has 0 bridgehead atoms. The second kappa shape index (κ2) is 5.16. The van der Waals surface area contributed by atoms with Gasteiger partial charge in [0.25, 0.3) is 0 Å². The number of aromatic carboxylic acids is 1. The van der Waals surface area contributed by atoms with Gasteiger partial charge in [0.15, 0.2) is 0 Å². The third kappa shape index (κ3) is 2.39. The number of carboxylic acid groups (broad SMARTS) is 1. The van der Waals surface area contributed by atoms with Crippen LogP contribution in [0.15, 0.2) is 6.07 Å². The second-order valence-electron chi connectivity index (χ2n) is 4.20. The first kappa shape index (κ1) is 11.9. The summed E-state index contributed by atoms with van der Waals surface area (Å²) in [4.78, 5) is 11.1. The molecule has 2 rings (SSSR count). The normalized spacial score (nSPS) is 17.6. The Morgan fingerprint density at radius 2 is 2.19 bits per heavy atom. The Kier molecular flexibility index (Phi) is 3.83. The van der Waals surface area contributed by atoms with Crippen molar-refractivity contribution < 1.29 is 9.90 Å². The van der Waals surface area contributed by atoms with Crippen LogP contribution in [0.25, 0.3) is 0 Å². The van der Waals surface area contributed by atoms with E-state index >= 15 is 0 Å². The highest BCUT2D eigenvalue weighted by Crippen LogP contribution is 2.29. The van der Waals surface area contributed by atoms with Crippen molar-refractivity contribution in [2.75, 3.05) is 0 Å². The molecule has 1 aromatic heterocycles. The van der Waals surface area contributed by atoms with E-state index in [0.717, 1.165) is 23.0 Å². The molecule has 1 aliphatic rings. The van der Waals surface area contributed by atoms with Crippen molar-refractivity contribution in [3.63, 3.8) is 0 Å². The maximum atomic E-state index is 11.1. The van der Waals surface area contributed by atoms with E-state index in [1.54, 1.807) is 10.7 Å². The van der Waals surface area contributed by atoms with E-state index in [0.29, 0.717) is 5.69 Å². The number of hydrogen-bond acceptors (Lipinski definition) is 2. The number of nitrogens with zero attached hydrogens (tertiary/aromatic N) is 2. The lowest BCUT2D eigenvalue weighted by Crippen LogP contribution is -2.18. The summed E-state index contributed by atoms with van der Waals surface area (Å²) in [7, 11) is 0. The molecule has 0 unspecified atom stereocenters. The SMILES string of the molecule is O=C(O)c1cc(CI)nn1C1CCCCC1. The van der Waals surface area contributed by atoms with Gasteiger partial charge in [0.2, 0.25) is 0 Å². The van der Waals surface area contributed by atoms with E-state index in [1.165, 1.54) is 19.3 Å². The maximum absolute atomic E-state index is 11.1. The molecule has 0 saturated heterocycles. The van der Waals surface area contributed by atoms with Gasteiger partial charge in [-0.25, -0.2) is 4.79 Å². The fraction of sp³-hybridized carbons (Fsp3) is 0.636. The zero-order chi connectivity index (χ0) is 11.5. The average Bonchev–Trinajstić information content (AvgIpc) is 2.74. The van der Waals surface area contributed by atoms with Crippen LogP contribution in [0.3, 0.4) is 0 Å². The van der Waals surface area contributed by atoms with Crippen LogP contribution in [-0.2, 0) is 4.43 Å². The van der Waals surface area contributed by atoms with Crippen molar-refractivity contribution >= 4 is 28.6 Å². The van der Waals surface area contributed by atoms with Crippen LogP contribution in [0.5, 0.6) is 0 Å². The van der Waals surface area contributed by atoms with Crippen molar-refractivity contribution in [3.8, 4) is 0 Å². The average molecular weight is 334 g/mol. The minimum Gasteiger partial charge on any atom is -0.477 e. The van der Waals surface area contributed by atoms with E-state index in [9.17, 15) is 4.79 Å². The van der Waals surface area contributed by atoms with E-state index in [4.69, 9.17) is 5.11 Å². The van der Waals surface area contributed by atoms with Gasteiger partial charge in [0.05, 0.1) is 11.7 Å². The molecule has 1 saturated carbocycles. The van der Waals surface area contributed by atoms with Gasteiger partial charge < -0.3 is 5.11 Å². The zero-order valence-corrected chi connectivity index (χ0v) is 11.2. The number of rotatable bonds is 3. The second-order valence-corrected chi connectivity index (χ2v) is 4.96. The molecule has 0 amide bonds. The van der Waals surface area contributed by atoms with Gasteiger partial charge in [-0.3, -0.25) is 4.68 Å². The summed E-state index contributed by atoms with van der Waals surface area (Å²) in [6.45, 7) is 0. The topological polar surface area (TPSA) is 55.1 Å². The Bertz CT molecular complexity index is 383. The standard InChI is InChI=1S/C11H15IN2O2/c12-7-8-6-10(11(15)16)14(13-8)9-4-2-1-3-5-9/h6,9H,1-5,7H2,(H,15,16). The van der Waals surface area contributed by atoms with Crippen molar-refractivity contribution in [1.82, 2.24) is 9.78 Å². The Labute approximate surface area is 108 Å². The van der Waals surface area contributed by atoms with Crippen LogP contribution in [-0.4, -0.2) is 20.9 Å². The van der Waals surface area contributed by atoms with Gasteiger partial charge in [-0.05, 0) is 18.9 Å². The number of carbonyl (C=O) groups is 1. The Morgan fingerprint density at radius 3 is 2.75 bits per heavy atom. The minimum atomic E-state index is -0.867. The van der Waals surface area contributed by atoms with E-state index in [-0.39, 0.29) is 6.04 Å². The van der Waals surface area contributed by atoms with Crippen molar-refractivity contribution in [1.29, 1.82) is 0 Å². The largest absolute Gasteiger partial charge is 0.477 e. The zero-order valence-electron chi connectivity index (χ0n) is 9.03. The minimum absolute atomic E-state index is 0.288. The van der Waals surface area contributed by atoms with Crippen LogP contribution in [0.2, 0.25) is 0 Å². The molecule has 88 valence electrons. The highest BCUT2D eigenvalue weighted by atomic mass is 127. The van der Waals surface area contributed by atoms with E-state index in [2.05, 4.69) is 27.7 Å². The van der Waals surface area contributed by atoms with Crippen molar-refractivity contribution in [3.05, 3.63) is 17.5 Å². The predicted octanol–water partition coefficient (Wildman–Crippen LogP) is 3.02. The molecule has 1 fully saturated rings. The monoisotopic (exact) mass is 334 g/mol. The van der Waals surface area contributed by atoms with E-state index in [1.807, 2.05) is 0 Å². The lowest BCUT2D eigenvalue weighted by molar-refractivity contribution is 0.0678. The van der Waals surface area contributed by atoms with Crippen LogP contribution >= 0.6 is 22.6 Å². The number of halogens is 1. The molecule has 1 heterocycles. The van der Waals surface area contributed by atoms with Crippen LogP contribution in [0.4, 0.5) is 0 Å². The molecular weight excluding hydrogens is 319 g/mol. The van der Waals surface area contributed by atoms with Crippen molar-refractivity contribution in [2.24, 2.45) is 0 Å². The molecule has 0 atom stereocenters. The summed E-state index contributed by atoms with van der Waals surface area (Å²) in [5.41, 5.74) is 1.21. The fourth-order valence-corrected chi connectivity index (χ4v) is 2.65. The summed E-state index contributed by atoms with van der Waals surface area (Å²) in [6.07, 6.45) is 5.75. The van der Waals surface area contributed by atoms with Crippen LogP contribution in [0, 0.1) is 0 Å². The molecule has 0 aromatic carbocycles. The van der Waals surface area contributed by atoms with Gasteiger partial charge in [0, 0.05) is 4.43 Å². The first-order valence-electron chi connectivity index (χ1n) is 5.60. The molecule has 0 aliphatic heterocycles. The summed E-state index contributed by atoms with van der Waals surface area (Å²) < 4.78 is 2.49. The van der Waals surface area contributed by atoms with Crippen LogP contribution < -0.4 is 0 Å². The van der Waals surface area contributed by atoms with E-state index < -0.39 is 5.97 Å².